The van der Waals surface area contributed by atoms with Gasteiger partial charge < -0.3 is 9.84 Å². The topological polar surface area (TPSA) is 63.6 Å². The minimum Gasteiger partial charge on any atom is -0.481 e. The Bertz CT molecular complexity index is 925. The Hall–Kier alpha value is -1.58. The van der Waals surface area contributed by atoms with Crippen molar-refractivity contribution in [2.75, 3.05) is 6.61 Å². The van der Waals surface area contributed by atoms with Crippen LogP contribution in [0, 0.1) is 0 Å². The number of hydrogen-bond donors (Lipinski definition) is 1. The van der Waals surface area contributed by atoms with Crippen LogP contribution in [-0.4, -0.2) is 23.7 Å². The first-order valence-corrected chi connectivity index (χ1v) is 29.3. The molecule has 4 heteroatoms. The number of esters is 1. The normalized spacial score (nSPS) is 11.5. The zero-order valence-corrected chi connectivity index (χ0v) is 44.0. The van der Waals surface area contributed by atoms with Crippen molar-refractivity contribution in [3.63, 3.8) is 0 Å². The van der Waals surface area contributed by atoms with E-state index in [9.17, 15) is 9.59 Å². The fraction of sp³-hybridized carbons (Fsp3) is 0.900. The minimum atomic E-state index is -0.655. The lowest BCUT2D eigenvalue weighted by Crippen LogP contribution is -2.05. The summed E-state index contributed by atoms with van der Waals surface area (Å²) in [6.07, 6.45) is 74.3. The van der Waals surface area contributed by atoms with Crippen molar-refractivity contribution in [3.05, 3.63) is 24.3 Å². The van der Waals surface area contributed by atoms with Crippen LogP contribution in [0.2, 0.25) is 0 Å². The van der Waals surface area contributed by atoms with E-state index in [4.69, 9.17) is 9.84 Å². The van der Waals surface area contributed by atoms with E-state index in [1.807, 2.05) is 0 Å². The molecule has 0 aliphatic carbocycles. The average molecular weight is 902 g/mol. The van der Waals surface area contributed by atoms with Gasteiger partial charge >= 0.3 is 11.9 Å². The fourth-order valence-electron chi connectivity index (χ4n) is 8.66. The molecule has 0 heterocycles. The highest BCUT2D eigenvalue weighted by Crippen LogP contribution is 2.16. The molecule has 64 heavy (non-hydrogen) atoms. The first kappa shape index (κ1) is 64.5. The first-order chi connectivity index (χ1) is 31.6. The van der Waals surface area contributed by atoms with Gasteiger partial charge in [0.05, 0.1) is 6.61 Å². The zero-order chi connectivity index (χ0) is 46.8. The number of ether oxygens (including phenoxy) is 1. The molecular weight excluding hydrogens is 785 g/mol. The molecule has 0 aromatic heterocycles. The molecule has 0 bridgehead atoms. The highest BCUT2D eigenvalue weighted by Gasteiger charge is 2.03. The summed E-state index contributed by atoms with van der Waals surface area (Å²) in [5, 5.41) is 8.49. The van der Waals surface area contributed by atoms with Crippen LogP contribution in [0.4, 0.5) is 0 Å². The fourth-order valence-corrected chi connectivity index (χ4v) is 8.66. The lowest BCUT2D eigenvalue weighted by Gasteiger charge is -2.06. The molecule has 0 rings (SSSR count). The van der Waals surface area contributed by atoms with E-state index >= 15 is 0 Å². The maximum Gasteiger partial charge on any atom is 0.305 e. The van der Waals surface area contributed by atoms with E-state index in [1.165, 1.54) is 283 Å². The second-order valence-corrected chi connectivity index (χ2v) is 19.7. The summed E-state index contributed by atoms with van der Waals surface area (Å²) in [4.78, 5) is 22.3. The standard InChI is InChI=1S/C44H84O2.C16H32O2/c1-3-5-7-9-11-13-15-17-19-21-23-25-27-29-31-33-35-37-39-41-43-46-44(45)42-40-38-36-34-32-30-28-26-24-22-20-18-16-14-12-10-8-6-4-2;1-2-3-4-5-6-7-8-9-10-11-12-13-14-15-16(17)18/h17-20H,3-16,21-43H2,1-2H3;2-15H2,1H3,(H,17,18)/b19-17-,20-18-;. The van der Waals surface area contributed by atoms with Crippen molar-refractivity contribution in [2.45, 2.75) is 342 Å². The number of aliphatic carboxylic acids is 1. The molecule has 0 atom stereocenters. The molecule has 0 aliphatic heterocycles. The maximum absolute atomic E-state index is 12.0. The lowest BCUT2D eigenvalue weighted by molar-refractivity contribution is -0.144. The van der Waals surface area contributed by atoms with Gasteiger partial charge in [0, 0.05) is 12.8 Å². The largest absolute Gasteiger partial charge is 0.481 e. The smallest absolute Gasteiger partial charge is 0.305 e. The van der Waals surface area contributed by atoms with Crippen LogP contribution in [-0.2, 0) is 14.3 Å². The van der Waals surface area contributed by atoms with E-state index in [0.29, 0.717) is 19.4 Å². The third-order valence-corrected chi connectivity index (χ3v) is 13.1. The van der Waals surface area contributed by atoms with Crippen molar-refractivity contribution in [1.29, 1.82) is 0 Å². The van der Waals surface area contributed by atoms with Gasteiger partial charge in [-0.1, -0.05) is 283 Å². The molecule has 4 nitrogen and oxygen atoms in total. The monoisotopic (exact) mass is 901 g/mol. The van der Waals surface area contributed by atoms with Crippen molar-refractivity contribution >= 4 is 11.9 Å². The van der Waals surface area contributed by atoms with Crippen LogP contribution in [0.5, 0.6) is 0 Å². The molecule has 0 aliphatic rings. The van der Waals surface area contributed by atoms with Gasteiger partial charge in [0.15, 0.2) is 0 Å². The van der Waals surface area contributed by atoms with Crippen LogP contribution < -0.4 is 0 Å². The molecule has 0 saturated carbocycles. The molecule has 0 radical (unpaired) electrons. The van der Waals surface area contributed by atoms with Crippen LogP contribution in [0.15, 0.2) is 24.3 Å². The van der Waals surface area contributed by atoms with Gasteiger partial charge in [-0.15, -0.1) is 0 Å². The van der Waals surface area contributed by atoms with Crippen LogP contribution in [0.25, 0.3) is 0 Å². The molecule has 0 unspecified atom stereocenters. The number of rotatable bonds is 53. The maximum atomic E-state index is 12.0. The van der Waals surface area contributed by atoms with Gasteiger partial charge in [-0.3, -0.25) is 9.59 Å². The Kier molecular flexibility index (Phi) is 61.9. The molecule has 0 amide bonds. The lowest BCUT2D eigenvalue weighted by atomic mass is 10.0. The Morgan fingerprint density at radius 1 is 0.297 bits per heavy atom. The van der Waals surface area contributed by atoms with Gasteiger partial charge in [0.1, 0.15) is 0 Å². The van der Waals surface area contributed by atoms with Crippen molar-refractivity contribution in [2.24, 2.45) is 0 Å². The molecule has 0 aromatic carbocycles. The summed E-state index contributed by atoms with van der Waals surface area (Å²) in [6.45, 7) is 7.46. The van der Waals surface area contributed by atoms with Gasteiger partial charge in [0.25, 0.3) is 0 Å². The summed E-state index contributed by atoms with van der Waals surface area (Å²) >= 11 is 0. The third kappa shape index (κ3) is 64.7. The summed E-state index contributed by atoms with van der Waals surface area (Å²) in [5.74, 6) is -0.632. The predicted molar refractivity (Wildman–Crippen MR) is 285 cm³/mol. The van der Waals surface area contributed by atoms with Crippen LogP contribution >= 0.6 is 0 Å². The summed E-state index contributed by atoms with van der Waals surface area (Å²) in [7, 11) is 0. The Morgan fingerprint density at radius 2 is 0.516 bits per heavy atom. The molecule has 0 spiro atoms. The molecule has 0 saturated heterocycles. The summed E-state index contributed by atoms with van der Waals surface area (Å²) in [6, 6.07) is 0. The summed E-state index contributed by atoms with van der Waals surface area (Å²) < 4.78 is 5.47. The highest BCUT2D eigenvalue weighted by molar-refractivity contribution is 5.69. The van der Waals surface area contributed by atoms with E-state index in [1.54, 1.807) is 0 Å². The minimum absolute atomic E-state index is 0.0225. The molecular formula is C60H116O4. The van der Waals surface area contributed by atoms with E-state index in [0.717, 1.165) is 25.7 Å². The molecule has 1 N–H and O–H groups in total. The Morgan fingerprint density at radius 3 is 0.781 bits per heavy atom. The number of carboxylic acid groups (broad SMARTS) is 1. The number of carbonyl (C=O) groups excluding carboxylic acids is 1. The van der Waals surface area contributed by atoms with Gasteiger partial charge in [0.2, 0.25) is 0 Å². The van der Waals surface area contributed by atoms with E-state index < -0.39 is 5.97 Å². The molecule has 380 valence electrons. The van der Waals surface area contributed by atoms with Crippen LogP contribution in [0.1, 0.15) is 342 Å². The number of allylic oxidation sites excluding steroid dienone is 4. The first-order valence-electron chi connectivity index (χ1n) is 29.3. The average Bonchev–Trinajstić information content (AvgIpc) is 3.29. The van der Waals surface area contributed by atoms with E-state index in [-0.39, 0.29) is 5.97 Å². The van der Waals surface area contributed by atoms with Gasteiger partial charge in [-0.2, -0.15) is 0 Å². The second kappa shape index (κ2) is 61.4. The molecule has 0 fully saturated rings. The zero-order valence-electron chi connectivity index (χ0n) is 44.0. The van der Waals surface area contributed by atoms with Crippen molar-refractivity contribution in [1.82, 2.24) is 0 Å². The number of unbranched alkanes of at least 4 members (excludes halogenated alkanes) is 43. The second-order valence-electron chi connectivity index (χ2n) is 19.7. The van der Waals surface area contributed by atoms with Crippen LogP contribution in [0.3, 0.4) is 0 Å². The number of carboxylic acids is 1. The Labute approximate surface area is 402 Å². The number of carbonyl (C=O) groups is 2. The Balaban J connectivity index is 0. The quantitative estimate of drug-likeness (QED) is 0.0375. The predicted octanol–water partition coefficient (Wildman–Crippen LogP) is 21.3. The SMILES string of the molecule is CCCCCCCC/C=C\CCCCCCCCCCCCOC(=O)CCCCCCCCCCC/C=C\CCCCCCCC.CCCCCCCCCCCCCCCC(=O)O. The number of hydrogen-bond acceptors (Lipinski definition) is 3. The highest BCUT2D eigenvalue weighted by atomic mass is 16.5. The van der Waals surface area contributed by atoms with Crippen molar-refractivity contribution in [3.8, 4) is 0 Å². The summed E-state index contributed by atoms with van der Waals surface area (Å²) in [5.41, 5.74) is 0. The molecule has 0 aromatic rings. The van der Waals surface area contributed by atoms with Gasteiger partial charge in [-0.25, -0.2) is 0 Å². The third-order valence-electron chi connectivity index (χ3n) is 13.1. The van der Waals surface area contributed by atoms with E-state index in [2.05, 4.69) is 45.1 Å². The van der Waals surface area contributed by atoms with Crippen molar-refractivity contribution < 1.29 is 19.4 Å². The van der Waals surface area contributed by atoms with Gasteiger partial charge in [-0.05, 0) is 70.6 Å².